The van der Waals surface area contributed by atoms with Gasteiger partial charge in [0.05, 0.1) is 0 Å². The van der Waals surface area contributed by atoms with Gasteiger partial charge in [0.2, 0.25) is 0 Å². The zero-order valence-electron chi connectivity index (χ0n) is 12.0. The van der Waals surface area contributed by atoms with E-state index in [-0.39, 0.29) is 0 Å². The van der Waals surface area contributed by atoms with E-state index in [0.717, 1.165) is 12.0 Å². The Kier molecular flexibility index (Phi) is 11.8. The lowest BCUT2D eigenvalue weighted by molar-refractivity contribution is 1.13. The van der Waals surface area contributed by atoms with Crippen LogP contribution in [-0.4, -0.2) is 7.05 Å². The summed E-state index contributed by atoms with van der Waals surface area (Å²) in [7, 11) is 1.50. The topological polar surface area (TPSA) is 26.0 Å². The van der Waals surface area contributed by atoms with Crippen molar-refractivity contribution in [2.75, 3.05) is 7.05 Å². The maximum atomic E-state index is 4.50. The summed E-state index contributed by atoms with van der Waals surface area (Å²) in [6.45, 7) is 15.9. The molecule has 1 nitrogen and oxygen atoms in total. The number of benzene rings is 1. The second-order valence-electron chi connectivity index (χ2n) is 3.25. The molecule has 1 rings (SSSR count). The van der Waals surface area contributed by atoms with Crippen LogP contribution in [0.5, 0.6) is 0 Å². The molecule has 0 saturated carbocycles. The second-order valence-corrected chi connectivity index (χ2v) is 3.25. The Morgan fingerprint density at radius 3 is 2.18 bits per heavy atom. The molecule has 1 aromatic rings. The van der Waals surface area contributed by atoms with Crippen molar-refractivity contribution in [3.63, 3.8) is 0 Å². The highest BCUT2D eigenvalue weighted by Crippen LogP contribution is 2.19. The van der Waals surface area contributed by atoms with E-state index in [1.54, 1.807) is 0 Å². The first-order valence-electron chi connectivity index (χ1n) is 6.18. The number of rotatable bonds is 3. The van der Waals surface area contributed by atoms with Crippen molar-refractivity contribution in [1.29, 1.82) is 0 Å². The molecule has 0 unspecified atom stereocenters. The molecule has 17 heavy (non-hydrogen) atoms. The van der Waals surface area contributed by atoms with Crippen LogP contribution in [0.4, 0.5) is 0 Å². The second kappa shape index (κ2) is 11.2. The van der Waals surface area contributed by atoms with Crippen molar-refractivity contribution in [2.45, 2.75) is 34.1 Å². The Hall–Kier alpha value is -1.34. The van der Waals surface area contributed by atoms with Crippen molar-refractivity contribution in [3.05, 3.63) is 48.0 Å². The quantitative estimate of drug-likeness (QED) is 0.815. The molecule has 0 amide bonds. The van der Waals surface area contributed by atoms with Gasteiger partial charge in [0.15, 0.2) is 0 Å². The SMILES string of the molecule is C=Cc1ccc(C(=C)C)c(CC)c1.CC.CN. The zero-order valence-corrected chi connectivity index (χ0v) is 12.0. The van der Waals surface area contributed by atoms with E-state index in [0.29, 0.717) is 0 Å². The summed E-state index contributed by atoms with van der Waals surface area (Å²) in [4.78, 5) is 0. The van der Waals surface area contributed by atoms with E-state index in [1.807, 2.05) is 26.8 Å². The van der Waals surface area contributed by atoms with Gasteiger partial charge in [-0.3, -0.25) is 0 Å². The Balaban J connectivity index is 0. The fourth-order valence-corrected chi connectivity index (χ4v) is 1.45. The first kappa shape index (κ1) is 18.0. The molecule has 0 heterocycles. The predicted molar refractivity (Wildman–Crippen MR) is 82.1 cm³/mol. The lowest BCUT2D eigenvalue weighted by Gasteiger charge is -2.08. The Morgan fingerprint density at radius 1 is 1.29 bits per heavy atom. The van der Waals surface area contributed by atoms with Crippen LogP contribution in [0.15, 0.2) is 31.4 Å². The molecular weight excluding hydrogens is 206 g/mol. The molecule has 0 aliphatic heterocycles. The smallest absolute Gasteiger partial charge is 0.0195 e. The Bertz CT molecular complexity index is 337. The van der Waals surface area contributed by atoms with Crippen molar-refractivity contribution in [3.8, 4) is 0 Å². The van der Waals surface area contributed by atoms with Crippen molar-refractivity contribution < 1.29 is 0 Å². The van der Waals surface area contributed by atoms with E-state index >= 15 is 0 Å². The van der Waals surface area contributed by atoms with Crippen LogP contribution in [0.1, 0.15) is 44.4 Å². The molecular formula is C16H27N. The summed E-state index contributed by atoms with van der Waals surface area (Å²) >= 11 is 0. The van der Waals surface area contributed by atoms with Gasteiger partial charge in [0.1, 0.15) is 0 Å². The number of allylic oxidation sites excluding steroid dienone is 1. The molecule has 0 atom stereocenters. The van der Waals surface area contributed by atoms with Gasteiger partial charge in [0.25, 0.3) is 0 Å². The third kappa shape index (κ3) is 6.08. The van der Waals surface area contributed by atoms with Gasteiger partial charge in [-0.25, -0.2) is 0 Å². The van der Waals surface area contributed by atoms with E-state index in [4.69, 9.17) is 0 Å². The Morgan fingerprint density at radius 2 is 1.82 bits per heavy atom. The first-order valence-corrected chi connectivity index (χ1v) is 6.18. The number of nitrogens with two attached hydrogens (primary N) is 1. The molecule has 1 heteroatoms. The zero-order chi connectivity index (χ0) is 13.8. The fourth-order valence-electron chi connectivity index (χ4n) is 1.45. The van der Waals surface area contributed by atoms with E-state index in [1.165, 1.54) is 23.7 Å². The van der Waals surface area contributed by atoms with Gasteiger partial charge in [-0.2, -0.15) is 0 Å². The van der Waals surface area contributed by atoms with Crippen LogP contribution < -0.4 is 5.73 Å². The summed E-state index contributed by atoms with van der Waals surface area (Å²) in [6, 6.07) is 6.38. The third-order valence-electron chi connectivity index (χ3n) is 2.21. The molecule has 0 bridgehead atoms. The molecule has 0 aliphatic rings. The van der Waals surface area contributed by atoms with Gasteiger partial charge in [-0.1, -0.05) is 63.8 Å². The summed E-state index contributed by atoms with van der Waals surface area (Å²) in [6.07, 6.45) is 2.92. The summed E-state index contributed by atoms with van der Waals surface area (Å²) < 4.78 is 0. The van der Waals surface area contributed by atoms with Gasteiger partial charge in [0, 0.05) is 0 Å². The van der Waals surface area contributed by atoms with Crippen LogP contribution in [0.2, 0.25) is 0 Å². The van der Waals surface area contributed by atoms with Gasteiger partial charge in [-0.05, 0) is 37.1 Å². The third-order valence-corrected chi connectivity index (χ3v) is 2.21. The average molecular weight is 233 g/mol. The van der Waals surface area contributed by atoms with E-state index in [9.17, 15) is 0 Å². The largest absolute Gasteiger partial charge is 0.333 e. The predicted octanol–water partition coefficient (Wildman–Crippen LogP) is 4.53. The Labute approximate surface area is 107 Å². The first-order chi connectivity index (χ1) is 8.19. The molecule has 0 spiro atoms. The number of aryl methyl sites for hydroxylation is 1. The average Bonchev–Trinajstić information content (AvgIpc) is 2.42. The lowest BCUT2D eigenvalue weighted by Crippen LogP contribution is -1.90. The van der Waals surface area contributed by atoms with Gasteiger partial charge >= 0.3 is 0 Å². The summed E-state index contributed by atoms with van der Waals surface area (Å²) in [5.41, 5.74) is 9.44. The van der Waals surface area contributed by atoms with Crippen molar-refractivity contribution >= 4 is 11.6 Å². The normalized spacial score (nSPS) is 8.12. The minimum absolute atomic E-state index is 1.05. The molecule has 2 N–H and O–H groups in total. The van der Waals surface area contributed by atoms with Crippen LogP contribution in [0.25, 0.3) is 11.6 Å². The van der Waals surface area contributed by atoms with Crippen LogP contribution in [-0.2, 0) is 6.42 Å². The molecule has 0 aliphatic carbocycles. The van der Waals surface area contributed by atoms with E-state index < -0.39 is 0 Å². The van der Waals surface area contributed by atoms with Crippen molar-refractivity contribution in [2.24, 2.45) is 5.73 Å². The fraction of sp³-hybridized carbons (Fsp3) is 0.375. The standard InChI is InChI=1S/C13H16.C2H6.CH5N/c1-5-11-7-8-13(10(3)4)12(6-2)9-11;2*1-2/h5,7-9H,1,3,6H2,2,4H3;1-2H3;2H2,1H3. The molecule has 0 aromatic heterocycles. The highest BCUT2D eigenvalue weighted by Gasteiger charge is 2.00. The summed E-state index contributed by atoms with van der Waals surface area (Å²) in [5.74, 6) is 0. The highest BCUT2D eigenvalue weighted by molar-refractivity contribution is 5.66. The van der Waals surface area contributed by atoms with Crippen LogP contribution >= 0.6 is 0 Å². The molecule has 0 radical (unpaired) electrons. The lowest BCUT2D eigenvalue weighted by atomic mass is 9.98. The summed E-state index contributed by atoms with van der Waals surface area (Å²) in [5, 5.41) is 0. The molecule has 0 fully saturated rings. The maximum Gasteiger partial charge on any atom is -0.0195 e. The molecule has 1 aromatic carbocycles. The minimum atomic E-state index is 1.05. The highest BCUT2D eigenvalue weighted by atomic mass is 14.4. The monoisotopic (exact) mass is 233 g/mol. The van der Waals surface area contributed by atoms with Gasteiger partial charge < -0.3 is 5.73 Å². The maximum absolute atomic E-state index is 4.50. The number of hydrogen-bond donors (Lipinski definition) is 1. The molecule has 96 valence electrons. The minimum Gasteiger partial charge on any atom is -0.333 e. The van der Waals surface area contributed by atoms with E-state index in [2.05, 4.69) is 44.0 Å². The van der Waals surface area contributed by atoms with Gasteiger partial charge in [-0.15, -0.1) is 0 Å². The van der Waals surface area contributed by atoms with Crippen LogP contribution in [0.3, 0.4) is 0 Å². The van der Waals surface area contributed by atoms with Crippen LogP contribution in [0, 0.1) is 0 Å². The van der Waals surface area contributed by atoms with Crippen molar-refractivity contribution in [1.82, 2.24) is 0 Å². The molecule has 0 saturated heterocycles. The number of hydrogen-bond acceptors (Lipinski definition) is 1.